The molecule has 2 aliphatic heterocycles. The Morgan fingerprint density at radius 2 is 2.06 bits per heavy atom. The lowest BCUT2D eigenvalue weighted by Gasteiger charge is -2.30. The van der Waals surface area contributed by atoms with Crippen LogP contribution in [0.15, 0.2) is 30.5 Å². The molecule has 2 aromatic rings. The van der Waals surface area contributed by atoms with E-state index in [0.29, 0.717) is 37.4 Å². The Balaban J connectivity index is 1.40. The van der Waals surface area contributed by atoms with Gasteiger partial charge in [0.15, 0.2) is 0 Å². The van der Waals surface area contributed by atoms with Gasteiger partial charge in [-0.25, -0.2) is 14.8 Å². The molecular formula is C25H29F2N5O3. The second-order valence-electron chi connectivity index (χ2n) is 8.84. The van der Waals surface area contributed by atoms with Crippen molar-refractivity contribution >= 4 is 6.03 Å². The predicted molar refractivity (Wildman–Crippen MR) is 123 cm³/mol. The van der Waals surface area contributed by atoms with Crippen LogP contribution in [-0.2, 0) is 24.1 Å². The molecule has 1 N–H and O–H groups in total. The highest BCUT2D eigenvalue weighted by atomic mass is 19.3. The maximum atomic E-state index is 13.1. The van der Waals surface area contributed by atoms with Crippen LogP contribution in [0.25, 0.3) is 0 Å². The number of nitrogens with one attached hydrogen (secondary N) is 1. The molecule has 10 heteroatoms. The Morgan fingerprint density at radius 1 is 1.29 bits per heavy atom. The summed E-state index contributed by atoms with van der Waals surface area (Å²) in [6.45, 7) is -0.431. The Bertz CT molecular complexity index is 1040. The lowest BCUT2D eigenvalue weighted by atomic mass is 9.96. The first-order chi connectivity index (χ1) is 17.0. The lowest BCUT2D eigenvalue weighted by molar-refractivity contribution is -0.0498. The summed E-state index contributed by atoms with van der Waals surface area (Å²) < 4.78 is 34.7. The molecule has 2 aliphatic rings. The van der Waals surface area contributed by atoms with Crippen molar-refractivity contribution in [2.24, 2.45) is 5.92 Å². The van der Waals surface area contributed by atoms with Gasteiger partial charge in [-0.05, 0) is 54.9 Å². The van der Waals surface area contributed by atoms with Crippen molar-refractivity contribution in [3.8, 4) is 11.8 Å². The van der Waals surface area contributed by atoms with Gasteiger partial charge < -0.3 is 19.7 Å². The van der Waals surface area contributed by atoms with Crippen molar-refractivity contribution < 1.29 is 23.0 Å². The Morgan fingerprint density at radius 3 is 2.77 bits per heavy atom. The van der Waals surface area contributed by atoms with Gasteiger partial charge in [0.05, 0.1) is 24.3 Å². The van der Waals surface area contributed by atoms with Crippen LogP contribution in [0.2, 0.25) is 0 Å². The molecule has 0 radical (unpaired) electrons. The Hall–Kier alpha value is -3.32. The van der Waals surface area contributed by atoms with Crippen LogP contribution in [0.5, 0.6) is 5.75 Å². The molecule has 0 aliphatic carbocycles. The zero-order chi connectivity index (χ0) is 24.6. The van der Waals surface area contributed by atoms with Gasteiger partial charge in [-0.3, -0.25) is 0 Å². The number of urea groups is 1. The molecule has 0 saturated carbocycles. The van der Waals surface area contributed by atoms with Gasteiger partial charge in [0, 0.05) is 38.8 Å². The minimum atomic E-state index is -2.90. The van der Waals surface area contributed by atoms with Gasteiger partial charge in [0.25, 0.3) is 0 Å². The van der Waals surface area contributed by atoms with Gasteiger partial charge in [-0.2, -0.15) is 14.0 Å². The first kappa shape index (κ1) is 24.8. The smallest absolute Gasteiger partial charge is 0.387 e. The van der Waals surface area contributed by atoms with E-state index in [9.17, 15) is 13.6 Å². The second-order valence-corrected chi connectivity index (χ2v) is 8.84. The highest BCUT2D eigenvalue weighted by Crippen LogP contribution is 2.25. The number of rotatable bonds is 8. The monoisotopic (exact) mass is 485 g/mol. The number of nitriles is 1. The van der Waals surface area contributed by atoms with E-state index in [0.717, 1.165) is 49.6 Å². The zero-order valence-corrected chi connectivity index (χ0v) is 19.5. The van der Waals surface area contributed by atoms with Crippen molar-refractivity contribution in [1.82, 2.24) is 20.2 Å². The number of carbonyl (C=O) groups excluding carboxylic acids is 1. The third kappa shape index (κ3) is 6.85. The highest BCUT2D eigenvalue weighted by molar-refractivity contribution is 5.75. The normalized spacial score (nSPS) is 16.9. The van der Waals surface area contributed by atoms with Crippen LogP contribution in [-0.4, -0.2) is 47.3 Å². The largest absolute Gasteiger partial charge is 0.435 e. The van der Waals surface area contributed by atoms with Crippen LogP contribution in [0, 0.1) is 17.2 Å². The molecule has 1 aromatic carbocycles. The predicted octanol–water partition coefficient (Wildman–Crippen LogP) is 4.16. The zero-order valence-electron chi connectivity index (χ0n) is 19.5. The number of benzene rings is 1. The summed E-state index contributed by atoms with van der Waals surface area (Å²) in [5.74, 6) is 1.36. The summed E-state index contributed by atoms with van der Waals surface area (Å²) in [5.41, 5.74) is 2.64. The number of amides is 2. The number of halogens is 2. The highest BCUT2D eigenvalue weighted by Gasteiger charge is 2.25. The first-order valence-corrected chi connectivity index (χ1v) is 11.9. The van der Waals surface area contributed by atoms with Crippen LogP contribution < -0.4 is 10.1 Å². The van der Waals surface area contributed by atoms with Gasteiger partial charge in [-0.15, -0.1) is 0 Å². The van der Waals surface area contributed by atoms with E-state index in [1.807, 2.05) is 6.20 Å². The van der Waals surface area contributed by atoms with E-state index >= 15 is 0 Å². The summed E-state index contributed by atoms with van der Waals surface area (Å²) in [5, 5.41) is 12.0. The molecule has 8 nitrogen and oxygen atoms in total. The molecular weight excluding hydrogens is 456 g/mol. The van der Waals surface area contributed by atoms with Crippen molar-refractivity contribution in [3.63, 3.8) is 0 Å². The summed E-state index contributed by atoms with van der Waals surface area (Å²) in [6.07, 6.45) is 6.02. The topological polar surface area (TPSA) is 100 Å². The number of hydrogen-bond acceptors (Lipinski definition) is 6. The number of ether oxygens (including phenoxy) is 2. The number of fused-ring (bicyclic) bond motifs is 1. The number of carbonyl (C=O) groups is 1. The summed E-state index contributed by atoms with van der Waals surface area (Å²) in [4.78, 5) is 24.1. The lowest BCUT2D eigenvalue weighted by Crippen LogP contribution is -2.44. The first-order valence-electron chi connectivity index (χ1n) is 11.9. The van der Waals surface area contributed by atoms with Crippen molar-refractivity contribution in [1.29, 1.82) is 5.26 Å². The summed E-state index contributed by atoms with van der Waals surface area (Å²) >= 11 is 0. The third-order valence-corrected chi connectivity index (χ3v) is 6.45. The standard InChI is InChI=1S/C25H29F2N5O3/c26-24(27)35-20-5-3-18(4-6-20)21(2-1-10-28)31-25(33)32-11-7-19-15-29-23(30-22(19)16-32)14-17-8-12-34-13-9-17/h3-6,15,17,21,24H,1-2,7-9,11-14,16H2,(H,31,33). The summed E-state index contributed by atoms with van der Waals surface area (Å²) in [6, 6.07) is 7.53. The van der Waals surface area contributed by atoms with Crippen molar-refractivity contribution in [2.45, 2.75) is 57.7 Å². The van der Waals surface area contributed by atoms with Crippen molar-refractivity contribution in [3.05, 3.63) is 53.1 Å². The number of aromatic nitrogens is 2. The van der Waals surface area contributed by atoms with Crippen LogP contribution in [0.3, 0.4) is 0 Å². The molecule has 0 bridgehead atoms. The fourth-order valence-electron chi connectivity index (χ4n) is 4.48. The van der Waals surface area contributed by atoms with Gasteiger partial charge in [-0.1, -0.05) is 12.1 Å². The van der Waals surface area contributed by atoms with Crippen LogP contribution in [0.1, 0.15) is 54.4 Å². The Labute approximate surface area is 203 Å². The van der Waals surface area contributed by atoms with E-state index in [1.54, 1.807) is 17.0 Å². The molecule has 4 rings (SSSR count). The quantitative estimate of drug-likeness (QED) is 0.603. The van der Waals surface area contributed by atoms with Crippen LogP contribution in [0.4, 0.5) is 13.6 Å². The average Bonchev–Trinajstić information content (AvgIpc) is 2.87. The molecule has 1 unspecified atom stereocenters. The minimum Gasteiger partial charge on any atom is -0.435 e. The number of alkyl halides is 2. The van der Waals surface area contributed by atoms with Gasteiger partial charge in [0.2, 0.25) is 0 Å². The molecule has 186 valence electrons. The van der Waals surface area contributed by atoms with Crippen LogP contribution >= 0.6 is 0 Å². The number of nitrogens with zero attached hydrogens (tertiary/aromatic N) is 4. The number of hydrogen-bond donors (Lipinski definition) is 1. The molecule has 1 saturated heterocycles. The van der Waals surface area contributed by atoms with Gasteiger partial charge in [0.1, 0.15) is 11.6 Å². The fraction of sp³-hybridized carbons (Fsp3) is 0.520. The molecule has 2 amide bonds. The maximum Gasteiger partial charge on any atom is 0.387 e. The van der Waals surface area contributed by atoms with E-state index in [2.05, 4.69) is 21.1 Å². The molecule has 1 atom stereocenters. The molecule has 1 aromatic heterocycles. The molecule has 0 spiro atoms. The second kappa shape index (κ2) is 11.9. The van der Waals surface area contributed by atoms with E-state index in [4.69, 9.17) is 15.0 Å². The minimum absolute atomic E-state index is 0.0398. The summed E-state index contributed by atoms with van der Waals surface area (Å²) in [7, 11) is 0. The van der Waals surface area contributed by atoms with Gasteiger partial charge >= 0.3 is 12.6 Å². The molecule has 35 heavy (non-hydrogen) atoms. The third-order valence-electron chi connectivity index (χ3n) is 6.45. The van der Waals surface area contributed by atoms with E-state index in [1.165, 1.54) is 12.1 Å². The van der Waals surface area contributed by atoms with E-state index in [-0.39, 0.29) is 18.2 Å². The fourth-order valence-corrected chi connectivity index (χ4v) is 4.48. The molecule has 3 heterocycles. The molecule has 1 fully saturated rings. The Kier molecular flexibility index (Phi) is 8.42. The SMILES string of the molecule is N#CCCC(NC(=O)N1CCc2cnc(CC3CCOCC3)nc2C1)c1ccc(OC(F)F)cc1. The van der Waals surface area contributed by atoms with Crippen molar-refractivity contribution in [2.75, 3.05) is 19.8 Å². The van der Waals surface area contributed by atoms with E-state index < -0.39 is 12.7 Å². The average molecular weight is 486 g/mol. The maximum absolute atomic E-state index is 13.1.